The van der Waals surface area contributed by atoms with Gasteiger partial charge in [0.2, 0.25) is 0 Å². The maximum atomic E-state index is 2.28. The topological polar surface area (TPSA) is 0 Å². The Morgan fingerprint density at radius 2 is 1.10 bits per heavy atom. The minimum absolute atomic E-state index is 0. The summed E-state index contributed by atoms with van der Waals surface area (Å²) in [6.07, 6.45) is 9.01. The van der Waals surface area contributed by atoms with Crippen LogP contribution in [-0.4, -0.2) is 0 Å². The molecule has 0 unspecified atom stereocenters. The molecule has 104 valence electrons. The van der Waals surface area contributed by atoms with E-state index >= 15 is 0 Å². The molecule has 0 fully saturated rings. The van der Waals surface area contributed by atoms with Crippen LogP contribution < -0.4 is 0 Å². The molecule has 3 rings (SSSR count). The van der Waals surface area contributed by atoms with E-state index in [9.17, 15) is 0 Å². The minimum Gasteiger partial charge on any atom is -0.0776 e. The molecule has 0 heterocycles. The van der Waals surface area contributed by atoms with Gasteiger partial charge in [0.25, 0.3) is 0 Å². The molecule has 2 aromatic carbocycles. The lowest BCUT2D eigenvalue weighted by atomic mass is 9.82. The molecule has 20 heavy (non-hydrogen) atoms. The summed E-state index contributed by atoms with van der Waals surface area (Å²) in [6.45, 7) is 2.25. The summed E-state index contributed by atoms with van der Waals surface area (Å²) in [5.74, 6) is 0. The highest BCUT2D eigenvalue weighted by Crippen LogP contribution is 2.31. The van der Waals surface area contributed by atoms with Gasteiger partial charge >= 0.3 is 0 Å². The molecule has 0 aromatic heterocycles. The second-order valence-corrected chi connectivity index (χ2v) is 4.94. The van der Waals surface area contributed by atoms with Gasteiger partial charge < -0.3 is 0 Å². The van der Waals surface area contributed by atoms with E-state index in [1.165, 1.54) is 16.7 Å². The van der Waals surface area contributed by atoms with Crippen LogP contribution in [0, 0.1) is 0 Å². The molecule has 0 spiro atoms. The number of allylic oxidation sites excluding steroid dienone is 2. The van der Waals surface area contributed by atoms with Crippen LogP contribution in [0.1, 0.15) is 38.5 Å². The van der Waals surface area contributed by atoms with Gasteiger partial charge in [0.05, 0.1) is 0 Å². The maximum Gasteiger partial charge on any atom is 0.0290 e. The molecule has 1 aliphatic rings. The Hall–Kier alpha value is -2.08. The first-order valence-corrected chi connectivity index (χ1v) is 6.31. The molecule has 2 aromatic rings. The minimum atomic E-state index is -0.0275. The standard InChI is InChI=1S/C18H16.2CH4/c1-18(17-9-3-2-4-10-17)13-11-15-7-5-6-8-16(15)12-14-18;;/h2-14H,1H3;2*1H4. The van der Waals surface area contributed by atoms with Crippen LogP contribution >= 0.6 is 0 Å². The van der Waals surface area contributed by atoms with Gasteiger partial charge in [-0.2, -0.15) is 0 Å². The monoisotopic (exact) mass is 264 g/mol. The van der Waals surface area contributed by atoms with Gasteiger partial charge in [-0.25, -0.2) is 0 Å². The molecule has 0 amide bonds. The fourth-order valence-electron chi connectivity index (χ4n) is 2.39. The fraction of sp³-hybridized carbons (Fsp3) is 0.200. The molecule has 0 nitrogen and oxygen atoms in total. The van der Waals surface area contributed by atoms with Gasteiger partial charge in [0.1, 0.15) is 0 Å². The Morgan fingerprint density at radius 3 is 1.60 bits per heavy atom. The SMILES string of the molecule is C.C.CC1(c2ccccc2)C=Cc2ccccc2C=C1. The van der Waals surface area contributed by atoms with Crippen LogP contribution in [0.2, 0.25) is 0 Å². The lowest BCUT2D eigenvalue weighted by Gasteiger charge is -2.21. The van der Waals surface area contributed by atoms with E-state index < -0.39 is 0 Å². The van der Waals surface area contributed by atoms with Crippen molar-refractivity contribution in [2.75, 3.05) is 0 Å². The Labute approximate surface area is 123 Å². The number of hydrogen-bond donors (Lipinski definition) is 0. The molecule has 0 aliphatic heterocycles. The Bertz CT molecular complexity index is 570. The van der Waals surface area contributed by atoms with Crippen molar-refractivity contribution in [2.24, 2.45) is 0 Å². The molecular weight excluding hydrogens is 240 g/mol. The second-order valence-electron chi connectivity index (χ2n) is 4.94. The normalized spacial score (nSPS) is 14.4. The van der Waals surface area contributed by atoms with Crippen molar-refractivity contribution in [2.45, 2.75) is 27.2 Å². The average Bonchev–Trinajstić information content (AvgIpc) is 2.61. The van der Waals surface area contributed by atoms with Crippen molar-refractivity contribution in [1.82, 2.24) is 0 Å². The smallest absolute Gasteiger partial charge is 0.0290 e. The van der Waals surface area contributed by atoms with Gasteiger partial charge in [-0.3, -0.25) is 0 Å². The van der Waals surface area contributed by atoms with Gasteiger partial charge in [0, 0.05) is 5.41 Å². The zero-order chi connectivity index (χ0) is 12.4. The van der Waals surface area contributed by atoms with Crippen molar-refractivity contribution < 1.29 is 0 Å². The molecule has 0 heteroatoms. The van der Waals surface area contributed by atoms with E-state index in [1.54, 1.807) is 0 Å². The highest BCUT2D eigenvalue weighted by atomic mass is 14.2. The van der Waals surface area contributed by atoms with Crippen molar-refractivity contribution in [3.05, 3.63) is 83.4 Å². The van der Waals surface area contributed by atoms with E-state index in [2.05, 4.69) is 85.8 Å². The largest absolute Gasteiger partial charge is 0.0776 e. The van der Waals surface area contributed by atoms with Crippen molar-refractivity contribution in [3.8, 4) is 0 Å². The Morgan fingerprint density at radius 1 is 0.650 bits per heavy atom. The van der Waals surface area contributed by atoms with Gasteiger partial charge in [-0.1, -0.05) is 93.8 Å². The molecular formula is C20H24. The zero-order valence-corrected chi connectivity index (χ0v) is 10.5. The number of fused-ring (bicyclic) bond motifs is 1. The first-order valence-electron chi connectivity index (χ1n) is 6.31. The van der Waals surface area contributed by atoms with E-state index in [-0.39, 0.29) is 20.3 Å². The maximum absolute atomic E-state index is 2.28. The van der Waals surface area contributed by atoms with E-state index in [1.807, 2.05) is 0 Å². The second kappa shape index (κ2) is 6.38. The predicted octanol–water partition coefficient (Wildman–Crippen LogP) is 5.96. The van der Waals surface area contributed by atoms with E-state index in [0.29, 0.717) is 0 Å². The Kier molecular flexibility index (Phi) is 5.10. The number of hydrogen-bond acceptors (Lipinski definition) is 0. The third kappa shape index (κ3) is 2.91. The van der Waals surface area contributed by atoms with Gasteiger partial charge in [-0.15, -0.1) is 0 Å². The molecule has 0 saturated carbocycles. The summed E-state index contributed by atoms with van der Waals surface area (Å²) in [5, 5.41) is 0. The van der Waals surface area contributed by atoms with Crippen LogP contribution in [0.25, 0.3) is 12.2 Å². The summed E-state index contributed by atoms with van der Waals surface area (Å²) >= 11 is 0. The quantitative estimate of drug-likeness (QED) is 0.596. The van der Waals surface area contributed by atoms with Crippen LogP contribution in [0.15, 0.2) is 66.7 Å². The summed E-state index contributed by atoms with van der Waals surface area (Å²) < 4.78 is 0. The third-order valence-electron chi connectivity index (χ3n) is 3.61. The average molecular weight is 264 g/mol. The van der Waals surface area contributed by atoms with Crippen LogP contribution in [0.3, 0.4) is 0 Å². The zero-order valence-electron chi connectivity index (χ0n) is 10.5. The van der Waals surface area contributed by atoms with Crippen molar-refractivity contribution >= 4 is 12.2 Å². The van der Waals surface area contributed by atoms with E-state index in [4.69, 9.17) is 0 Å². The first-order chi connectivity index (χ1) is 8.78. The van der Waals surface area contributed by atoms with Crippen LogP contribution in [0.5, 0.6) is 0 Å². The fourth-order valence-corrected chi connectivity index (χ4v) is 2.39. The molecule has 0 atom stereocenters. The van der Waals surface area contributed by atoms with E-state index in [0.717, 1.165) is 0 Å². The molecule has 0 saturated heterocycles. The van der Waals surface area contributed by atoms with Gasteiger partial charge in [0.15, 0.2) is 0 Å². The molecule has 0 N–H and O–H groups in total. The van der Waals surface area contributed by atoms with Crippen molar-refractivity contribution in [3.63, 3.8) is 0 Å². The van der Waals surface area contributed by atoms with Crippen LogP contribution in [-0.2, 0) is 5.41 Å². The lowest BCUT2D eigenvalue weighted by molar-refractivity contribution is 0.766. The molecule has 0 bridgehead atoms. The third-order valence-corrected chi connectivity index (χ3v) is 3.61. The molecule has 0 radical (unpaired) electrons. The van der Waals surface area contributed by atoms with Gasteiger partial charge in [-0.05, 0) is 23.6 Å². The summed E-state index contributed by atoms with van der Waals surface area (Å²) in [7, 11) is 0. The Balaban J connectivity index is 0.000001000. The van der Waals surface area contributed by atoms with Crippen LogP contribution in [0.4, 0.5) is 0 Å². The predicted molar refractivity (Wildman–Crippen MR) is 91.8 cm³/mol. The summed E-state index contributed by atoms with van der Waals surface area (Å²) in [4.78, 5) is 0. The van der Waals surface area contributed by atoms with Crippen molar-refractivity contribution in [1.29, 1.82) is 0 Å². The number of benzene rings is 2. The lowest BCUT2D eigenvalue weighted by Crippen LogP contribution is -2.14. The summed E-state index contributed by atoms with van der Waals surface area (Å²) in [6, 6.07) is 19.1. The molecule has 1 aliphatic carbocycles. The number of rotatable bonds is 1. The highest BCUT2D eigenvalue weighted by molar-refractivity contribution is 5.70. The summed E-state index contributed by atoms with van der Waals surface area (Å²) in [5.41, 5.74) is 3.87. The first kappa shape index (κ1) is 16.0. The highest BCUT2D eigenvalue weighted by Gasteiger charge is 2.21.